The van der Waals surface area contributed by atoms with E-state index in [0.29, 0.717) is 0 Å². The molecule has 2 aromatic heterocycles. The van der Waals surface area contributed by atoms with Crippen molar-refractivity contribution in [3.63, 3.8) is 0 Å². The van der Waals surface area contributed by atoms with Gasteiger partial charge in [0.2, 0.25) is 5.95 Å². The molecule has 116 valence electrons. The topological polar surface area (TPSA) is 61.3 Å². The van der Waals surface area contributed by atoms with Gasteiger partial charge in [-0.2, -0.15) is 0 Å². The van der Waals surface area contributed by atoms with Crippen molar-refractivity contribution in [2.45, 2.75) is 6.92 Å². The van der Waals surface area contributed by atoms with Crippen LogP contribution in [0, 0.1) is 6.92 Å². The minimum Gasteiger partial charge on any atom is -0.363 e. The summed E-state index contributed by atoms with van der Waals surface area (Å²) in [5.41, 5.74) is 1.08. The third-order valence-corrected chi connectivity index (χ3v) is 3.75. The van der Waals surface area contributed by atoms with Crippen LogP contribution >= 0.6 is 0 Å². The molecule has 0 amide bonds. The van der Waals surface area contributed by atoms with Gasteiger partial charge in [0.1, 0.15) is 18.0 Å². The Morgan fingerprint density at radius 2 is 1.55 bits per heavy atom. The highest BCUT2D eigenvalue weighted by molar-refractivity contribution is 5.50. The van der Waals surface area contributed by atoms with Crippen LogP contribution in [-0.4, -0.2) is 60.2 Å². The van der Waals surface area contributed by atoms with Crippen molar-refractivity contribution in [2.24, 2.45) is 0 Å². The summed E-state index contributed by atoms with van der Waals surface area (Å²) in [6.07, 6.45) is 5.35. The molecule has 0 aliphatic carbocycles. The molecule has 3 heterocycles. The Morgan fingerprint density at radius 3 is 2.18 bits per heavy atom. The van der Waals surface area contributed by atoms with Crippen LogP contribution in [0.15, 0.2) is 24.8 Å². The second-order valence-corrected chi connectivity index (χ2v) is 5.66. The van der Waals surface area contributed by atoms with E-state index in [4.69, 9.17) is 0 Å². The van der Waals surface area contributed by atoms with Crippen LogP contribution in [0.3, 0.4) is 0 Å². The predicted molar refractivity (Wildman–Crippen MR) is 87.6 cm³/mol. The van der Waals surface area contributed by atoms with Crippen molar-refractivity contribution < 1.29 is 0 Å². The molecule has 1 fully saturated rings. The van der Waals surface area contributed by atoms with Crippen molar-refractivity contribution in [1.29, 1.82) is 0 Å². The molecule has 0 aromatic carbocycles. The summed E-state index contributed by atoms with van der Waals surface area (Å²) < 4.78 is 0. The lowest BCUT2D eigenvalue weighted by atomic mass is 10.3. The molecule has 7 nitrogen and oxygen atoms in total. The lowest BCUT2D eigenvalue weighted by Crippen LogP contribution is -2.47. The van der Waals surface area contributed by atoms with Crippen LogP contribution in [0.4, 0.5) is 17.6 Å². The Kier molecular flexibility index (Phi) is 4.04. The highest BCUT2D eigenvalue weighted by Gasteiger charge is 2.20. The molecule has 1 saturated heterocycles. The highest BCUT2D eigenvalue weighted by Crippen LogP contribution is 2.19. The first-order chi connectivity index (χ1) is 10.6. The lowest BCUT2D eigenvalue weighted by Gasteiger charge is -2.35. The van der Waals surface area contributed by atoms with E-state index < -0.39 is 0 Å². The van der Waals surface area contributed by atoms with Gasteiger partial charge in [-0.15, -0.1) is 0 Å². The Bertz CT molecular complexity index is 618. The molecule has 0 radical (unpaired) electrons. The fourth-order valence-corrected chi connectivity index (χ4v) is 2.44. The average Bonchev–Trinajstić information content (AvgIpc) is 2.56. The number of nitrogens with zero attached hydrogens (tertiary/aromatic N) is 7. The molecule has 0 bridgehead atoms. The minimum absolute atomic E-state index is 0.807. The Morgan fingerprint density at radius 1 is 0.909 bits per heavy atom. The van der Waals surface area contributed by atoms with E-state index in [1.54, 1.807) is 6.33 Å². The summed E-state index contributed by atoms with van der Waals surface area (Å²) in [5, 5.41) is 0. The summed E-state index contributed by atoms with van der Waals surface area (Å²) in [4.78, 5) is 23.9. The van der Waals surface area contributed by atoms with E-state index in [1.165, 1.54) is 0 Å². The average molecular weight is 299 g/mol. The first kappa shape index (κ1) is 14.5. The smallest absolute Gasteiger partial charge is 0.225 e. The molecule has 0 saturated carbocycles. The number of hydrogen-bond donors (Lipinski definition) is 0. The van der Waals surface area contributed by atoms with Crippen LogP contribution in [0.2, 0.25) is 0 Å². The van der Waals surface area contributed by atoms with E-state index in [-0.39, 0.29) is 0 Å². The summed E-state index contributed by atoms with van der Waals surface area (Å²) in [6.45, 7) is 5.59. The number of hydrogen-bond acceptors (Lipinski definition) is 7. The first-order valence-electron chi connectivity index (χ1n) is 7.41. The standard InChI is InChI=1S/C15H21N7/c1-12-9-16-15(17-10-12)22-6-4-21(5-7-22)14-8-13(20(2)3)18-11-19-14/h8-11H,4-7H2,1-3H3. The van der Waals surface area contributed by atoms with Gasteiger partial charge in [0.05, 0.1) is 0 Å². The van der Waals surface area contributed by atoms with E-state index in [1.807, 2.05) is 44.4 Å². The molecule has 22 heavy (non-hydrogen) atoms. The molecular formula is C15H21N7. The third kappa shape index (κ3) is 3.08. The summed E-state index contributed by atoms with van der Waals surface area (Å²) >= 11 is 0. The highest BCUT2D eigenvalue weighted by atomic mass is 15.3. The van der Waals surface area contributed by atoms with Crippen molar-refractivity contribution in [3.05, 3.63) is 30.4 Å². The second-order valence-electron chi connectivity index (χ2n) is 5.66. The maximum atomic E-state index is 4.40. The number of piperazine rings is 1. The molecular weight excluding hydrogens is 278 g/mol. The van der Waals surface area contributed by atoms with Crippen LogP contribution in [0.1, 0.15) is 5.56 Å². The number of anilines is 3. The summed E-state index contributed by atoms with van der Waals surface area (Å²) in [6, 6.07) is 2.03. The number of rotatable bonds is 3. The van der Waals surface area contributed by atoms with Gasteiger partial charge in [-0.3, -0.25) is 0 Å². The SMILES string of the molecule is Cc1cnc(N2CCN(c3cc(N(C)C)ncn3)CC2)nc1. The van der Waals surface area contributed by atoms with Gasteiger partial charge in [0.25, 0.3) is 0 Å². The molecule has 0 atom stereocenters. The van der Waals surface area contributed by atoms with Crippen molar-refractivity contribution >= 4 is 17.6 Å². The molecule has 0 spiro atoms. The zero-order chi connectivity index (χ0) is 15.5. The maximum Gasteiger partial charge on any atom is 0.225 e. The first-order valence-corrected chi connectivity index (χ1v) is 7.41. The molecule has 7 heteroatoms. The Balaban J connectivity index is 1.66. The van der Waals surface area contributed by atoms with Gasteiger partial charge in [0, 0.05) is 58.7 Å². The zero-order valence-electron chi connectivity index (χ0n) is 13.3. The van der Waals surface area contributed by atoms with Crippen LogP contribution in [0.5, 0.6) is 0 Å². The zero-order valence-corrected chi connectivity index (χ0v) is 13.3. The van der Waals surface area contributed by atoms with Crippen molar-refractivity contribution in [1.82, 2.24) is 19.9 Å². The minimum atomic E-state index is 0.807. The Labute approximate surface area is 130 Å². The maximum absolute atomic E-state index is 4.40. The van der Waals surface area contributed by atoms with Crippen molar-refractivity contribution in [2.75, 3.05) is 55.0 Å². The molecule has 3 rings (SSSR count). The van der Waals surface area contributed by atoms with Gasteiger partial charge in [-0.1, -0.05) is 0 Å². The molecule has 0 N–H and O–H groups in total. The number of aromatic nitrogens is 4. The van der Waals surface area contributed by atoms with Gasteiger partial charge in [-0.05, 0) is 12.5 Å². The lowest BCUT2D eigenvalue weighted by molar-refractivity contribution is 0.633. The Hall–Kier alpha value is -2.44. The van der Waals surface area contributed by atoms with Gasteiger partial charge in [0.15, 0.2) is 0 Å². The van der Waals surface area contributed by atoms with E-state index in [2.05, 4.69) is 29.7 Å². The fourth-order valence-electron chi connectivity index (χ4n) is 2.44. The van der Waals surface area contributed by atoms with E-state index in [9.17, 15) is 0 Å². The van der Waals surface area contributed by atoms with Crippen LogP contribution in [-0.2, 0) is 0 Å². The van der Waals surface area contributed by atoms with E-state index >= 15 is 0 Å². The van der Waals surface area contributed by atoms with Gasteiger partial charge >= 0.3 is 0 Å². The third-order valence-electron chi connectivity index (χ3n) is 3.75. The summed E-state index contributed by atoms with van der Waals surface area (Å²) in [7, 11) is 3.97. The fraction of sp³-hybridized carbons (Fsp3) is 0.467. The van der Waals surface area contributed by atoms with Gasteiger partial charge in [-0.25, -0.2) is 19.9 Å². The molecule has 1 aliphatic heterocycles. The normalized spacial score (nSPS) is 15.0. The molecule has 1 aliphatic rings. The summed E-state index contributed by atoms with van der Waals surface area (Å²) in [5.74, 6) is 2.71. The predicted octanol–water partition coefficient (Wildman–Crippen LogP) is 0.968. The van der Waals surface area contributed by atoms with Gasteiger partial charge < -0.3 is 14.7 Å². The largest absolute Gasteiger partial charge is 0.363 e. The van der Waals surface area contributed by atoms with Crippen LogP contribution < -0.4 is 14.7 Å². The number of aryl methyl sites for hydroxylation is 1. The molecule has 2 aromatic rings. The van der Waals surface area contributed by atoms with E-state index in [0.717, 1.165) is 49.3 Å². The quantitative estimate of drug-likeness (QED) is 0.836. The molecule has 0 unspecified atom stereocenters. The monoisotopic (exact) mass is 299 g/mol. The van der Waals surface area contributed by atoms with Crippen LogP contribution in [0.25, 0.3) is 0 Å². The second kappa shape index (κ2) is 6.13. The van der Waals surface area contributed by atoms with Crippen molar-refractivity contribution in [3.8, 4) is 0 Å².